The second-order valence-corrected chi connectivity index (χ2v) is 5.19. The smallest absolute Gasteiger partial charge is 0.140 e. The number of anilines is 1. The topological polar surface area (TPSA) is 38.3 Å². The van der Waals surface area contributed by atoms with Gasteiger partial charge in [0.2, 0.25) is 0 Å². The molecule has 98 valence electrons. The Hall–Kier alpha value is -2.10. The molecule has 1 aromatic heterocycles. The summed E-state index contributed by atoms with van der Waals surface area (Å²) in [7, 11) is 0. The molecule has 1 aromatic carbocycles. The van der Waals surface area contributed by atoms with Crippen molar-refractivity contribution in [3.05, 3.63) is 36.9 Å². The molecule has 0 saturated carbocycles. The quantitative estimate of drug-likeness (QED) is 0.790. The fraction of sp³-hybridized carbons (Fsp3) is 0.333. The summed E-state index contributed by atoms with van der Waals surface area (Å²) in [5, 5.41) is 1.04. The third-order valence-electron chi connectivity index (χ3n) is 3.24. The van der Waals surface area contributed by atoms with E-state index in [0.717, 1.165) is 41.5 Å². The van der Waals surface area contributed by atoms with Crippen LogP contribution in [0.25, 0.3) is 10.9 Å². The first-order valence-electron chi connectivity index (χ1n) is 6.46. The second-order valence-electron chi connectivity index (χ2n) is 5.19. The molecule has 2 heterocycles. The second kappa shape index (κ2) is 4.53. The molecule has 4 nitrogen and oxygen atoms in total. The molecule has 19 heavy (non-hydrogen) atoms. The van der Waals surface area contributed by atoms with Crippen molar-refractivity contribution >= 4 is 16.7 Å². The summed E-state index contributed by atoms with van der Waals surface area (Å²) in [4.78, 5) is 11.0. The summed E-state index contributed by atoms with van der Waals surface area (Å²) in [6, 6.07) is 5.86. The van der Waals surface area contributed by atoms with Crippen LogP contribution in [-0.4, -0.2) is 23.1 Å². The minimum absolute atomic E-state index is 0.676. The summed E-state index contributed by atoms with van der Waals surface area (Å²) >= 11 is 0. The summed E-state index contributed by atoms with van der Waals surface area (Å²) in [6.45, 7) is 9.95. The molecule has 0 spiro atoms. The van der Waals surface area contributed by atoms with Crippen LogP contribution in [0.15, 0.2) is 36.9 Å². The number of ether oxygens (including phenoxy) is 1. The number of benzene rings is 1. The fourth-order valence-corrected chi connectivity index (χ4v) is 2.41. The van der Waals surface area contributed by atoms with E-state index in [1.54, 1.807) is 6.33 Å². The highest BCUT2D eigenvalue weighted by Crippen LogP contribution is 2.31. The predicted octanol–water partition coefficient (Wildman–Crippen LogP) is 3.00. The summed E-state index contributed by atoms with van der Waals surface area (Å²) in [6.07, 6.45) is 1.62. The van der Waals surface area contributed by atoms with Gasteiger partial charge in [0.15, 0.2) is 0 Å². The molecule has 0 amide bonds. The largest absolute Gasteiger partial charge is 0.463 e. The van der Waals surface area contributed by atoms with Gasteiger partial charge in [-0.25, -0.2) is 9.97 Å². The maximum absolute atomic E-state index is 5.56. The monoisotopic (exact) mass is 255 g/mol. The molecular formula is C15H17N3O. The normalized spacial score (nSPS) is 15.4. The van der Waals surface area contributed by atoms with Crippen molar-refractivity contribution in [2.45, 2.75) is 13.8 Å². The summed E-state index contributed by atoms with van der Waals surface area (Å²) in [5.74, 6) is 3.19. The lowest BCUT2D eigenvalue weighted by atomic mass is 10.0. The lowest BCUT2D eigenvalue weighted by Crippen LogP contribution is -2.45. The Morgan fingerprint density at radius 3 is 2.84 bits per heavy atom. The van der Waals surface area contributed by atoms with Crippen LogP contribution in [0.4, 0.5) is 5.82 Å². The van der Waals surface area contributed by atoms with Gasteiger partial charge in [-0.3, -0.25) is 0 Å². The molecule has 0 aliphatic carbocycles. The lowest BCUT2D eigenvalue weighted by Gasteiger charge is -2.38. The third kappa shape index (κ3) is 2.26. The maximum atomic E-state index is 5.56. The Morgan fingerprint density at radius 2 is 2.16 bits per heavy atom. The molecule has 0 bridgehead atoms. The Morgan fingerprint density at radius 1 is 1.37 bits per heavy atom. The van der Waals surface area contributed by atoms with Crippen LogP contribution in [0.2, 0.25) is 0 Å². The molecule has 0 unspecified atom stereocenters. The number of allylic oxidation sites excluding steroid dienone is 1. The van der Waals surface area contributed by atoms with Crippen LogP contribution in [0.1, 0.15) is 13.8 Å². The Labute approximate surface area is 112 Å². The highest BCUT2D eigenvalue weighted by atomic mass is 16.5. The fourth-order valence-electron chi connectivity index (χ4n) is 2.41. The highest BCUT2D eigenvalue weighted by Gasteiger charge is 2.25. The zero-order chi connectivity index (χ0) is 13.4. The lowest BCUT2D eigenvalue weighted by molar-refractivity contribution is 0.431. The SMILES string of the molecule is C=C(C)Oc1ccc2ncnc(N3CC(C)C3)c2c1. The van der Waals surface area contributed by atoms with Crippen LogP contribution in [0, 0.1) is 5.92 Å². The van der Waals surface area contributed by atoms with Crippen molar-refractivity contribution < 1.29 is 4.74 Å². The third-order valence-corrected chi connectivity index (χ3v) is 3.24. The van der Waals surface area contributed by atoms with E-state index < -0.39 is 0 Å². The molecule has 0 N–H and O–H groups in total. The van der Waals surface area contributed by atoms with Gasteiger partial charge in [0.1, 0.15) is 17.9 Å². The van der Waals surface area contributed by atoms with Gasteiger partial charge in [0.05, 0.1) is 11.3 Å². The van der Waals surface area contributed by atoms with Gasteiger partial charge in [-0.05, 0) is 31.0 Å². The Kier molecular flexibility index (Phi) is 2.85. The zero-order valence-electron chi connectivity index (χ0n) is 11.3. The van der Waals surface area contributed by atoms with Crippen molar-refractivity contribution in [2.24, 2.45) is 5.92 Å². The average molecular weight is 255 g/mol. The first kappa shape index (κ1) is 12.0. The molecule has 0 atom stereocenters. The molecule has 3 rings (SSSR count). The molecule has 1 aliphatic heterocycles. The van der Waals surface area contributed by atoms with Gasteiger partial charge in [0.25, 0.3) is 0 Å². The van der Waals surface area contributed by atoms with E-state index in [0.29, 0.717) is 5.76 Å². The molecule has 1 saturated heterocycles. The van der Waals surface area contributed by atoms with Crippen LogP contribution < -0.4 is 9.64 Å². The van der Waals surface area contributed by atoms with Crippen molar-refractivity contribution in [1.82, 2.24) is 9.97 Å². The molecule has 2 aromatic rings. The Bertz CT molecular complexity index is 632. The van der Waals surface area contributed by atoms with Gasteiger partial charge in [-0.1, -0.05) is 13.5 Å². The molecule has 4 heteroatoms. The van der Waals surface area contributed by atoms with Gasteiger partial charge >= 0.3 is 0 Å². The minimum Gasteiger partial charge on any atom is -0.463 e. The number of nitrogens with zero attached hydrogens (tertiary/aromatic N) is 3. The van der Waals surface area contributed by atoms with E-state index in [9.17, 15) is 0 Å². The number of hydrogen-bond acceptors (Lipinski definition) is 4. The van der Waals surface area contributed by atoms with E-state index in [1.807, 2.05) is 25.1 Å². The maximum Gasteiger partial charge on any atom is 0.140 e. The highest BCUT2D eigenvalue weighted by molar-refractivity contribution is 5.90. The van der Waals surface area contributed by atoms with Gasteiger partial charge < -0.3 is 9.64 Å². The number of aromatic nitrogens is 2. The van der Waals surface area contributed by atoms with Crippen LogP contribution >= 0.6 is 0 Å². The standard InChI is InChI=1S/C15H17N3O/c1-10(2)19-12-4-5-14-13(6-12)15(17-9-16-14)18-7-11(3)8-18/h4-6,9,11H,1,7-8H2,2-3H3. The summed E-state index contributed by atoms with van der Waals surface area (Å²) < 4.78 is 5.56. The van der Waals surface area contributed by atoms with E-state index in [2.05, 4.69) is 28.4 Å². The van der Waals surface area contributed by atoms with Crippen molar-refractivity contribution in [3.63, 3.8) is 0 Å². The van der Waals surface area contributed by atoms with E-state index in [-0.39, 0.29) is 0 Å². The van der Waals surface area contributed by atoms with Gasteiger partial charge in [-0.15, -0.1) is 0 Å². The van der Waals surface area contributed by atoms with Gasteiger partial charge in [-0.2, -0.15) is 0 Å². The number of hydrogen-bond donors (Lipinski definition) is 0. The van der Waals surface area contributed by atoms with Crippen LogP contribution in [0.5, 0.6) is 5.75 Å². The number of fused-ring (bicyclic) bond motifs is 1. The molecule has 0 radical (unpaired) electrons. The predicted molar refractivity (Wildman–Crippen MR) is 76.4 cm³/mol. The molecular weight excluding hydrogens is 238 g/mol. The molecule has 1 aliphatic rings. The van der Waals surface area contributed by atoms with E-state index in [1.165, 1.54) is 0 Å². The average Bonchev–Trinajstić information content (AvgIpc) is 2.34. The van der Waals surface area contributed by atoms with Crippen LogP contribution in [0.3, 0.4) is 0 Å². The minimum atomic E-state index is 0.676. The first-order valence-corrected chi connectivity index (χ1v) is 6.46. The van der Waals surface area contributed by atoms with Crippen molar-refractivity contribution in [3.8, 4) is 5.75 Å². The van der Waals surface area contributed by atoms with E-state index in [4.69, 9.17) is 4.74 Å². The zero-order valence-corrected chi connectivity index (χ0v) is 11.3. The summed E-state index contributed by atoms with van der Waals surface area (Å²) in [5.41, 5.74) is 0.943. The number of rotatable bonds is 3. The van der Waals surface area contributed by atoms with Crippen molar-refractivity contribution in [2.75, 3.05) is 18.0 Å². The Balaban J connectivity index is 2.03. The first-order chi connectivity index (χ1) is 9.13. The van der Waals surface area contributed by atoms with Crippen LogP contribution in [-0.2, 0) is 0 Å². The van der Waals surface area contributed by atoms with E-state index >= 15 is 0 Å². The van der Waals surface area contributed by atoms with Crippen molar-refractivity contribution in [1.29, 1.82) is 0 Å². The van der Waals surface area contributed by atoms with Gasteiger partial charge in [0, 0.05) is 18.5 Å². The molecule has 1 fully saturated rings.